The first-order valence-electron chi connectivity index (χ1n) is 9.06. The number of pyridine rings is 1. The maximum Gasteiger partial charge on any atom is 0.259 e. The molecule has 2 aromatic rings. The van der Waals surface area contributed by atoms with Crippen molar-refractivity contribution < 1.29 is 9.18 Å². The quantitative estimate of drug-likeness (QED) is 0.900. The molecule has 0 radical (unpaired) electrons. The minimum absolute atomic E-state index is 0.186. The van der Waals surface area contributed by atoms with E-state index >= 15 is 0 Å². The third-order valence-corrected chi connectivity index (χ3v) is 5.45. The third-order valence-electron chi connectivity index (χ3n) is 5.45. The van der Waals surface area contributed by atoms with Gasteiger partial charge in [0.05, 0.1) is 0 Å². The summed E-state index contributed by atoms with van der Waals surface area (Å²) in [5.41, 5.74) is 2.90. The number of aromatic amines is 1. The minimum Gasteiger partial charge on any atom is -0.368 e. The number of nitrogens with zero attached hydrogens (tertiary/aromatic N) is 2. The van der Waals surface area contributed by atoms with Gasteiger partial charge >= 0.3 is 0 Å². The van der Waals surface area contributed by atoms with Crippen LogP contribution in [0.4, 0.5) is 10.1 Å². The van der Waals surface area contributed by atoms with E-state index < -0.39 is 0 Å². The molecule has 2 aliphatic rings. The summed E-state index contributed by atoms with van der Waals surface area (Å²) in [6, 6.07) is 6.81. The van der Waals surface area contributed by atoms with E-state index in [1.807, 2.05) is 6.07 Å². The molecule has 0 atom stereocenters. The van der Waals surface area contributed by atoms with Crippen LogP contribution in [0, 0.1) is 12.7 Å². The van der Waals surface area contributed by atoms with Gasteiger partial charge in [0.1, 0.15) is 11.4 Å². The van der Waals surface area contributed by atoms with E-state index in [-0.39, 0.29) is 22.7 Å². The smallest absolute Gasteiger partial charge is 0.259 e. The van der Waals surface area contributed by atoms with Gasteiger partial charge in [0.15, 0.2) is 5.43 Å². The Morgan fingerprint density at radius 3 is 2.69 bits per heavy atom. The molecule has 1 saturated heterocycles. The zero-order chi connectivity index (χ0) is 18.3. The first-order chi connectivity index (χ1) is 12.5. The maximum absolute atomic E-state index is 13.4. The number of hydrogen-bond acceptors (Lipinski definition) is 3. The highest BCUT2D eigenvalue weighted by Gasteiger charge is 2.31. The zero-order valence-electron chi connectivity index (χ0n) is 14.8. The summed E-state index contributed by atoms with van der Waals surface area (Å²) < 4.78 is 13.4. The lowest BCUT2D eigenvalue weighted by Gasteiger charge is -2.38. The van der Waals surface area contributed by atoms with Crippen LogP contribution >= 0.6 is 0 Å². The molecular weight excluding hydrogens is 333 g/mol. The number of carbonyl (C=O) groups excluding carboxylic acids is 1. The van der Waals surface area contributed by atoms with E-state index in [0.29, 0.717) is 19.1 Å². The number of aryl methyl sites for hydroxylation is 1. The Kier molecular flexibility index (Phi) is 4.26. The molecule has 1 aromatic heterocycles. The molecule has 2 aliphatic heterocycles. The van der Waals surface area contributed by atoms with Crippen molar-refractivity contribution in [2.75, 3.05) is 24.5 Å². The third kappa shape index (κ3) is 3.00. The first kappa shape index (κ1) is 16.8. The highest BCUT2D eigenvalue weighted by molar-refractivity contribution is 5.93. The number of fused-ring (bicyclic) bond motifs is 1. The summed E-state index contributed by atoms with van der Waals surface area (Å²) in [5.74, 6) is -0.386. The molecule has 0 saturated carbocycles. The lowest BCUT2D eigenvalue weighted by atomic mass is 10.0. The number of hydrogen-bond donors (Lipinski definition) is 1. The van der Waals surface area contributed by atoms with E-state index in [2.05, 4.69) is 9.88 Å². The second-order valence-electron chi connectivity index (χ2n) is 7.13. The van der Waals surface area contributed by atoms with Gasteiger partial charge < -0.3 is 14.8 Å². The number of anilines is 1. The van der Waals surface area contributed by atoms with Crippen molar-refractivity contribution in [1.29, 1.82) is 0 Å². The fourth-order valence-corrected chi connectivity index (χ4v) is 4.07. The monoisotopic (exact) mass is 355 g/mol. The lowest BCUT2D eigenvalue weighted by molar-refractivity contribution is 0.0711. The van der Waals surface area contributed by atoms with Crippen LogP contribution in [-0.2, 0) is 6.42 Å². The summed E-state index contributed by atoms with van der Waals surface area (Å²) in [5, 5.41) is 0. The van der Waals surface area contributed by atoms with Gasteiger partial charge in [0, 0.05) is 49.3 Å². The fraction of sp³-hybridized carbons (Fsp3) is 0.400. The van der Waals surface area contributed by atoms with Crippen molar-refractivity contribution in [1.82, 2.24) is 9.88 Å². The average Bonchev–Trinajstić information content (AvgIpc) is 3.04. The number of piperidine rings is 1. The van der Waals surface area contributed by atoms with E-state index in [1.54, 1.807) is 17.9 Å². The molecule has 1 fully saturated rings. The van der Waals surface area contributed by atoms with E-state index in [9.17, 15) is 14.0 Å². The Labute approximate surface area is 151 Å². The molecule has 3 heterocycles. The largest absolute Gasteiger partial charge is 0.368 e. The standard InChI is InChI=1S/C20H22FN3O2/c1-13-10-19(25)17(12-22-13)20(26)23-7-5-16(6-8-23)24-9-4-14-11-15(21)2-3-18(14)24/h2-3,10-12,16H,4-9H2,1H3,(H,22,25). The Balaban J connectivity index is 1.44. The van der Waals surface area contributed by atoms with Gasteiger partial charge in [-0.3, -0.25) is 9.59 Å². The SMILES string of the molecule is Cc1cc(=O)c(C(=O)N2CCC(N3CCc4cc(F)ccc43)CC2)c[nH]1. The van der Waals surface area contributed by atoms with Gasteiger partial charge in [-0.2, -0.15) is 0 Å². The second-order valence-corrected chi connectivity index (χ2v) is 7.13. The molecule has 0 bridgehead atoms. The molecule has 0 spiro atoms. The molecule has 5 nitrogen and oxygen atoms in total. The van der Waals surface area contributed by atoms with Crippen LogP contribution in [0.15, 0.2) is 35.3 Å². The number of halogens is 1. The maximum atomic E-state index is 13.4. The predicted octanol–water partition coefficient (Wildman–Crippen LogP) is 2.49. The minimum atomic E-state index is -0.233. The van der Waals surface area contributed by atoms with Crippen LogP contribution in [0.2, 0.25) is 0 Å². The van der Waals surface area contributed by atoms with Gasteiger partial charge in [-0.1, -0.05) is 0 Å². The highest BCUT2D eigenvalue weighted by atomic mass is 19.1. The lowest BCUT2D eigenvalue weighted by Crippen LogP contribution is -2.47. The molecule has 4 rings (SSSR count). The summed E-state index contributed by atoms with van der Waals surface area (Å²) in [6.45, 7) is 3.95. The number of H-pyrrole nitrogens is 1. The average molecular weight is 355 g/mol. The summed E-state index contributed by atoms with van der Waals surface area (Å²) in [7, 11) is 0. The molecule has 1 aromatic carbocycles. The van der Waals surface area contributed by atoms with Crippen LogP contribution in [-0.4, -0.2) is 41.5 Å². The zero-order valence-corrected chi connectivity index (χ0v) is 14.8. The Hall–Kier alpha value is -2.63. The molecule has 0 unspecified atom stereocenters. The molecular formula is C20H22FN3O2. The van der Waals surface area contributed by atoms with Gasteiger partial charge in [-0.25, -0.2) is 4.39 Å². The first-order valence-corrected chi connectivity index (χ1v) is 9.06. The molecule has 26 heavy (non-hydrogen) atoms. The van der Waals surface area contributed by atoms with Gasteiger partial charge in [-0.05, 0) is 49.9 Å². The van der Waals surface area contributed by atoms with Gasteiger partial charge in [0.2, 0.25) is 0 Å². The van der Waals surface area contributed by atoms with Gasteiger partial charge in [0.25, 0.3) is 5.91 Å². The van der Waals surface area contributed by atoms with Gasteiger partial charge in [-0.15, -0.1) is 0 Å². The number of amides is 1. The fourth-order valence-electron chi connectivity index (χ4n) is 4.07. The van der Waals surface area contributed by atoms with E-state index in [4.69, 9.17) is 0 Å². The Morgan fingerprint density at radius 1 is 1.19 bits per heavy atom. The second kappa shape index (κ2) is 6.59. The highest BCUT2D eigenvalue weighted by Crippen LogP contribution is 2.33. The normalized spacial score (nSPS) is 17.5. The van der Waals surface area contributed by atoms with E-state index in [0.717, 1.165) is 42.8 Å². The van der Waals surface area contributed by atoms with Crippen molar-refractivity contribution in [2.45, 2.75) is 32.2 Å². The molecule has 6 heteroatoms. The number of benzene rings is 1. The Morgan fingerprint density at radius 2 is 1.96 bits per heavy atom. The van der Waals surface area contributed by atoms with Crippen LogP contribution < -0.4 is 10.3 Å². The number of aromatic nitrogens is 1. The van der Waals surface area contributed by atoms with E-state index in [1.165, 1.54) is 18.3 Å². The van der Waals surface area contributed by atoms with Crippen molar-refractivity contribution in [3.05, 3.63) is 63.3 Å². The van der Waals surface area contributed by atoms with Crippen molar-refractivity contribution in [2.24, 2.45) is 0 Å². The number of rotatable bonds is 2. The van der Waals surface area contributed by atoms with Crippen molar-refractivity contribution in [3.63, 3.8) is 0 Å². The number of nitrogens with one attached hydrogen (secondary N) is 1. The molecule has 136 valence electrons. The van der Waals surface area contributed by atoms with Crippen molar-refractivity contribution >= 4 is 11.6 Å². The summed E-state index contributed by atoms with van der Waals surface area (Å²) in [6.07, 6.45) is 4.08. The number of carbonyl (C=O) groups is 1. The predicted molar refractivity (Wildman–Crippen MR) is 98.2 cm³/mol. The Bertz CT molecular complexity index is 900. The van der Waals surface area contributed by atoms with Crippen LogP contribution in [0.25, 0.3) is 0 Å². The summed E-state index contributed by atoms with van der Waals surface area (Å²) in [4.78, 5) is 31.8. The van der Waals surface area contributed by atoms with Crippen LogP contribution in [0.5, 0.6) is 0 Å². The number of likely N-dealkylation sites (tertiary alicyclic amines) is 1. The van der Waals surface area contributed by atoms with Crippen molar-refractivity contribution in [3.8, 4) is 0 Å². The molecule has 1 amide bonds. The van der Waals surface area contributed by atoms with Crippen LogP contribution in [0.1, 0.15) is 34.5 Å². The molecule has 1 N–H and O–H groups in total. The summed E-state index contributed by atoms with van der Waals surface area (Å²) >= 11 is 0. The van der Waals surface area contributed by atoms with Crippen LogP contribution in [0.3, 0.4) is 0 Å². The molecule has 0 aliphatic carbocycles. The topological polar surface area (TPSA) is 56.4 Å².